The van der Waals surface area contributed by atoms with Gasteiger partial charge in [-0.1, -0.05) is 6.92 Å². The van der Waals surface area contributed by atoms with E-state index in [2.05, 4.69) is 14.9 Å². The zero-order valence-corrected chi connectivity index (χ0v) is 18.4. The number of rotatable bonds is 6. The van der Waals surface area contributed by atoms with E-state index in [1.165, 1.54) is 4.90 Å². The number of imide groups is 1. The van der Waals surface area contributed by atoms with Crippen molar-refractivity contribution in [2.45, 2.75) is 77.3 Å². The molecule has 0 aromatic carbocycles. The minimum atomic E-state index is -0.618. The van der Waals surface area contributed by atoms with Gasteiger partial charge in [0.1, 0.15) is 11.9 Å². The lowest BCUT2D eigenvalue weighted by atomic mass is 9.91. The Morgan fingerprint density at radius 3 is 2.77 bits per heavy atom. The number of carbonyl (C=O) groups excluding carboxylic acids is 3. The van der Waals surface area contributed by atoms with Gasteiger partial charge in [-0.05, 0) is 39.0 Å². The number of urea groups is 1. The lowest BCUT2D eigenvalue weighted by Gasteiger charge is -2.34. The Balaban J connectivity index is 1.41. The zero-order valence-electron chi connectivity index (χ0n) is 18.4. The summed E-state index contributed by atoms with van der Waals surface area (Å²) in [6.45, 7) is 6.30. The van der Waals surface area contributed by atoms with E-state index in [9.17, 15) is 19.2 Å². The van der Waals surface area contributed by atoms with Crippen molar-refractivity contribution in [1.29, 1.82) is 0 Å². The van der Waals surface area contributed by atoms with Gasteiger partial charge in [-0.3, -0.25) is 19.3 Å². The molecule has 2 fully saturated rings. The van der Waals surface area contributed by atoms with Gasteiger partial charge in [0.15, 0.2) is 0 Å². The molecule has 2 saturated heterocycles. The van der Waals surface area contributed by atoms with Gasteiger partial charge in [-0.15, -0.1) is 0 Å². The van der Waals surface area contributed by atoms with E-state index in [-0.39, 0.29) is 35.7 Å². The minimum absolute atomic E-state index is 0.00334. The van der Waals surface area contributed by atoms with Gasteiger partial charge in [0, 0.05) is 56.2 Å². The number of piperidine rings is 1. The van der Waals surface area contributed by atoms with Crippen LogP contribution in [0.1, 0.15) is 68.4 Å². The van der Waals surface area contributed by atoms with E-state index in [0.717, 1.165) is 43.7 Å². The molecule has 168 valence electrons. The number of hydrogen-bond donors (Lipinski definition) is 1. The summed E-state index contributed by atoms with van der Waals surface area (Å²) in [6, 6.07) is -0.984. The van der Waals surface area contributed by atoms with Crippen molar-refractivity contribution < 1.29 is 14.4 Å². The Labute approximate surface area is 181 Å². The fraction of sp³-hybridized carbons (Fsp3) is 0.682. The largest absolute Gasteiger partial charge is 0.342 e. The van der Waals surface area contributed by atoms with Crippen molar-refractivity contribution in [1.82, 2.24) is 24.7 Å². The maximum absolute atomic E-state index is 12.9. The van der Waals surface area contributed by atoms with Crippen molar-refractivity contribution in [3.63, 3.8) is 0 Å². The number of fused-ring (bicyclic) bond motifs is 1. The van der Waals surface area contributed by atoms with Gasteiger partial charge in [-0.2, -0.15) is 4.98 Å². The van der Waals surface area contributed by atoms with Crippen LogP contribution >= 0.6 is 0 Å². The zero-order chi connectivity index (χ0) is 22.1. The monoisotopic (exact) mass is 429 g/mol. The second-order valence-electron chi connectivity index (χ2n) is 8.81. The average molecular weight is 430 g/mol. The molecular weight excluding hydrogens is 398 g/mol. The van der Waals surface area contributed by atoms with Crippen LogP contribution in [0.25, 0.3) is 0 Å². The summed E-state index contributed by atoms with van der Waals surface area (Å²) in [7, 11) is 0. The van der Waals surface area contributed by atoms with Crippen LogP contribution < -0.4 is 10.9 Å². The average Bonchev–Trinajstić information content (AvgIpc) is 3.32. The molecule has 9 nitrogen and oxygen atoms in total. The summed E-state index contributed by atoms with van der Waals surface area (Å²) >= 11 is 0. The molecule has 1 aromatic heterocycles. The number of carbonyl (C=O) groups is 3. The molecule has 0 spiro atoms. The molecule has 0 saturated carbocycles. The fourth-order valence-electron chi connectivity index (χ4n) is 5.14. The Bertz CT molecular complexity index is 956. The van der Waals surface area contributed by atoms with Crippen molar-refractivity contribution in [3.05, 3.63) is 27.4 Å². The lowest BCUT2D eigenvalue weighted by molar-refractivity contribution is -0.133. The molecule has 0 radical (unpaired) electrons. The van der Waals surface area contributed by atoms with Gasteiger partial charge >= 0.3 is 6.03 Å². The van der Waals surface area contributed by atoms with Gasteiger partial charge < -0.3 is 14.8 Å². The predicted octanol–water partition coefficient (Wildman–Crippen LogP) is 1.31. The van der Waals surface area contributed by atoms with Crippen molar-refractivity contribution in [2.24, 2.45) is 0 Å². The third-order valence-corrected chi connectivity index (χ3v) is 6.68. The van der Waals surface area contributed by atoms with Crippen LogP contribution in [0.2, 0.25) is 0 Å². The first-order valence-corrected chi connectivity index (χ1v) is 11.4. The third-order valence-electron chi connectivity index (χ3n) is 6.68. The Morgan fingerprint density at radius 1 is 1.19 bits per heavy atom. The molecule has 1 aromatic rings. The molecule has 4 amide bonds. The molecule has 4 heterocycles. The normalized spacial score (nSPS) is 23.3. The first kappa shape index (κ1) is 21.5. The third kappa shape index (κ3) is 4.09. The van der Waals surface area contributed by atoms with Crippen molar-refractivity contribution in [3.8, 4) is 0 Å². The maximum atomic E-state index is 12.9. The maximum Gasteiger partial charge on any atom is 0.324 e. The van der Waals surface area contributed by atoms with Crippen LogP contribution in [-0.2, 0) is 22.6 Å². The summed E-state index contributed by atoms with van der Waals surface area (Å²) in [5.74, 6) is 0.745. The van der Waals surface area contributed by atoms with Crippen molar-refractivity contribution in [2.75, 3.05) is 19.6 Å². The topological polar surface area (TPSA) is 105 Å². The van der Waals surface area contributed by atoms with E-state index >= 15 is 0 Å². The second kappa shape index (κ2) is 8.80. The number of nitrogens with zero attached hydrogens (tertiary/aromatic N) is 4. The second-order valence-corrected chi connectivity index (χ2v) is 8.81. The lowest BCUT2D eigenvalue weighted by Crippen LogP contribution is -2.41. The highest BCUT2D eigenvalue weighted by atomic mass is 16.2. The minimum Gasteiger partial charge on any atom is -0.342 e. The number of hydrogen-bond acceptors (Lipinski definition) is 5. The van der Waals surface area contributed by atoms with Gasteiger partial charge in [0.2, 0.25) is 5.91 Å². The summed E-state index contributed by atoms with van der Waals surface area (Å²) in [6.07, 6.45) is 4.89. The van der Waals surface area contributed by atoms with Crippen LogP contribution in [0.4, 0.5) is 4.79 Å². The van der Waals surface area contributed by atoms with Crippen LogP contribution in [-0.4, -0.2) is 62.9 Å². The number of aromatic nitrogens is 2. The molecular formula is C22H31N5O4. The highest BCUT2D eigenvalue weighted by Gasteiger charge is 2.38. The quantitative estimate of drug-likeness (QED) is 0.687. The van der Waals surface area contributed by atoms with E-state index < -0.39 is 6.04 Å². The van der Waals surface area contributed by atoms with E-state index in [0.29, 0.717) is 38.0 Å². The molecule has 1 N–H and O–H groups in total. The number of amides is 4. The SMILES string of the molecule is CCCN1C(=O)N[C@H](CCC(=O)N2CCC[C@H](c3c(C)c(=O)nc4n3CCC4)C2)C1=O. The van der Waals surface area contributed by atoms with Gasteiger partial charge in [-0.25, -0.2) is 4.79 Å². The molecule has 9 heteroatoms. The molecule has 3 aliphatic heterocycles. The van der Waals surface area contributed by atoms with Crippen LogP contribution in [0.5, 0.6) is 0 Å². The number of likely N-dealkylation sites (tertiary alicyclic amines) is 1. The number of aryl methyl sites for hydroxylation is 1. The fourth-order valence-corrected chi connectivity index (χ4v) is 5.14. The van der Waals surface area contributed by atoms with E-state index in [1.807, 2.05) is 18.7 Å². The molecule has 0 bridgehead atoms. The van der Waals surface area contributed by atoms with Crippen LogP contribution in [0, 0.1) is 6.92 Å². The predicted molar refractivity (Wildman–Crippen MR) is 114 cm³/mol. The molecule has 3 aliphatic rings. The Kier molecular flexibility index (Phi) is 6.11. The van der Waals surface area contributed by atoms with Crippen molar-refractivity contribution >= 4 is 17.8 Å². The Morgan fingerprint density at radius 2 is 2.00 bits per heavy atom. The van der Waals surface area contributed by atoms with E-state index in [4.69, 9.17) is 0 Å². The standard InChI is InChI=1S/C22H31N5O4/c1-3-10-27-21(30)16(23-22(27)31)8-9-18(28)25-11-4-6-15(13-25)19-14(2)20(29)24-17-7-5-12-26(17)19/h15-16H,3-13H2,1-2H3,(H,23,31)/t15-,16+/m0/s1. The van der Waals surface area contributed by atoms with Gasteiger partial charge in [0.25, 0.3) is 11.5 Å². The molecule has 31 heavy (non-hydrogen) atoms. The molecule has 0 aliphatic carbocycles. The highest BCUT2D eigenvalue weighted by molar-refractivity contribution is 6.04. The molecule has 4 rings (SSSR count). The molecule has 0 unspecified atom stereocenters. The van der Waals surface area contributed by atoms with Crippen LogP contribution in [0.3, 0.4) is 0 Å². The van der Waals surface area contributed by atoms with Crippen LogP contribution in [0.15, 0.2) is 4.79 Å². The number of nitrogens with one attached hydrogen (secondary N) is 1. The highest BCUT2D eigenvalue weighted by Crippen LogP contribution is 2.31. The summed E-state index contributed by atoms with van der Waals surface area (Å²) in [5, 5.41) is 2.70. The van der Waals surface area contributed by atoms with Gasteiger partial charge in [0.05, 0.1) is 0 Å². The smallest absolute Gasteiger partial charge is 0.324 e. The first-order valence-electron chi connectivity index (χ1n) is 11.4. The first-order chi connectivity index (χ1) is 14.9. The summed E-state index contributed by atoms with van der Waals surface area (Å²) in [4.78, 5) is 56.9. The molecule has 2 atom stereocenters. The Hall–Kier alpha value is -2.71. The summed E-state index contributed by atoms with van der Waals surface area (Å²) in [5.41, 5.74) is 1.58. The summed E-state index contributed by atoms with van der Waals surface area (Å²) < 4.78 is 2.18. The van der Waals surface area contributed by atoms with E-state index in [1.54, 1.807) is 0 Å².